The zero-order valence-electron chi connectivity index (χ0n) is 14.5. The molecule has 1 amide bonds. The van der Waals surface area contributed by atoms with E-state index >= 15 is 0 Å². The number of aryl methyl sites for hydroxylation is 2. The van der Waals surface area contributed by atoms with Crippen LogP contribution in [0.2, 0.25) is 0 Å². The molecule has 0 unspecified atom stereocenters. The van der Waals surface area contributed by atoms with Crippen LogP contribution in [0.1, 0.15) is 16.8 Å². The van der Waals surface area contributed by atoms with Gasteiger partial charge in [0.1, 0.15) is 5.69 Å². The highest BCUT2D eigenvalue weighted by molar-refractivity contribution is 7.22. The second-order valence-corrected chi connectivity index (χ2v) is 7.27. The van der Waals surface area contributed by atoms with Crippen molar-refractivity contribution in [3.63, 3.8) is 0 Å². The molecule has 0 fully saturated rings. The highest BCUT2D eigenvalue weighted by Crippen LogP contribution is 2.29. The molecule has 0 spiro atoms. The normalized spacial score (nSPS) is 11.2. The Morgan fingerprint density at radius 1 is 1.30 bits per heavy atom. The van der Waals surface area contributed by atoms with E-state index in [1.54, 1.807) is 6.07 Å². The van der Waals surface area contributed by atoms with Gasteiger partial charge in [0, 0.05) is 17.5 Å². The Balaban J connectivity index is 1.56. The van der Waals surface area contributed by atoms with Crippen LogP contribution in [0.4, 0.5) is 10.8 Å². The minimum Gasteiger partial charge on any atom is -0.356 e. The van der Waals surface area contributed by atoms with Gasteiger partial charge in [-0.15, -0.1) is 0 Å². The molecule has 0 aliphatic heterocycles. The van der Waals surface area contributed by atoms with Crippen LogP contribution in [-0.4, -0.2) is 21.0 Å². The maximum atomic E-state index is 12.4. The first kappa shape index (κ1) is 17.1. The molecule has 0 atom stereocenters. The first-order chi connectivity index (χ1) is 12.9. The standard InChI is InChI=1S/C18H14N4O4S/c1-9-5-10(2)17-13(21-26-14(17)6-9)8-16(23)20-18-19-12-4-3-11(22(24)25)7-15(12)27-18/h3-7H,8H2,1-2H3,(H,19,20,23). The van der Waals surface area contributed by atoms with Crippen LogP contribution in [0.25, 0.3) is 21.2 Å². The lowest BCUT2D eigenvalue weighted by atomic mass is 10.0. The van der Waals surface area contributed by atoms with Gasteiger partial charge in [-0.05, 0) is 37.1 Å². The zero-order valence-corrected chi connectivity index (χ0v) is 15.3. The largest absolute Gasteiger partial charge is 0.356 e. The molecule has 2 aromatic heterocycles. The lowest BCUT2D eigenvalue weighted by molar-refractivity contribution is -0.384. The summed E-state index contributed by atoms with van der Waals surface area (Å²) in [6, 6.07) is 8.30. The number of amides is 1. The Labute approximate surface area is 157 Å². The van der Waals surface area contributed by atoms with Gasteiger partial charge in [0.2, 0.25) is 5.91 Å². The minimum absolute atomic E-state index is 0.0103. The first-order valence-corrected chi connectivity index (χ1v) is 8.92. The van der Waals surface area contributed by atoms with E-state index in [2.05, 4.69) is 15.5 Å². The number of anilines is 1. The molecule has 0 radical (unpaired) electrons. The van der Waals surface area contributed by atoms with Crippen molar-refractivity contribution < 1.29 is 14.2 Å². The molecule has 0 saturated carbocycles. The Hall–Kier alpha value is -3.33. The van der Waals surface area contributed by atoms with E-state index in [1.165, 1.54) is 23.5 Å². The summed E-state index contributed by atoms with van der Waals surface area (Å²) in [5, 5.41) is 18.9. The number of thiazole rings is 1. The predicted molar refractivity (Wildman–Crippen MR) is 102 cm³/mol. The Kier molecular flexibility index (Phi) is 4.08. The molecule has 2 aromatic carbocycles. The molecule has 0 aliphatic rings. The SMILES string of the molecule is Cc1cc(C)c2c(CC(=O)Nc3nc4ccc([N+](=O)[O-])cc4s3)noc2c1. The number of nitrogens with one attached hydrogen (secondary N) is 1. The molecule has 0 saturated heterocycles. The van der Waals surface area contributed by atoms with Gasteiger partial charge >= 0.3 is 0 Å². The fourth-order valence-corrected chi connectivity index (χ4v) is 3.95. The fraction of sp³-hybridized carbons (Fsp3) is 0.167. The van der Waals surface area contributed by atoms with E-state index in [1.807, 2.05) is 26.0 Å². The lowest BCUT2D eigenvalue weighted by Gasteiger charge is -2.01. The molecule has 8 nitrogen and oxygen atoms in total. The summed E-state index contributed by atoms with van der Waals surface area (Å²) < 4.78 is 5.98. The van der Waals surface area contributed by atoms with Crippen molar-refractivity contribution >= 4 is 49.2 Å². The summed E-state index contributed by atoms with van der Waals surface area (Å²) in [6.07, 6.45) is 0.0486. The molecule has 27 heavy (non-hydrogen) atoms. The Morgan fingerprint density at radius 3 is 2.89 bits per heavy atom. The average molecular weight is 382 g/mol. The number of rotatable bonds is 4. The summed E-state index contributed by atoms with van der Waals surface area (Å²) >= 11 is 1.19. The maximum Gasteiger partial charge on any atom is 0.270 e. The minimum atomic E-state index is -0.461. The molecule has 136 valence electrons. The highest BCUT2D eigenvalue weighted by atomic mass is 32.1. The number of fused-ring (bicyclic) bond motifs is 2. The molecule has 1 N–H and O–H groups in total. The smallest absolute Gasteiger partial charge is 0.270 e. The van der Waals surface area contributed by atoms with Crippen molar-refractivity contribution in [1.29, 1.82) is 0 Å². The third-order valence-corrected chi connectivity index (χ3v) is 5.08. The summed E-state index contributed by atoms with van der Waals surface area (Å²) in [6.45, 7) is 3.92. The van der Waals surface area contributed by atoms with Gasteiger partial charge in [0.15, 0.2) is 10.7 Å². The molecule has 9 heteroatoms. The monoisotopic (exact) mass is 382 g/mol. The predicted octanol–water partition coefficient (Wildman–Crippen LogP) is 4.14. The first-order valence-electron chi connectivity index (χ1n) is 8.11. The number of carbonyl (C=O) groups is 1. The fourth-order valence-electron chi connectivity index (χ4n) is 3.04. The molecule has 0 bridgehead atoms. The topological polar surface area (TPSA) is 111 Å². The van der Waals surface area contributed by atoms with Crippen molar-refractivity contribution in [2.75, 3.05) is 5.32 Å². The third-order valence-electron chi connectivity index (χ3n) is 4.14. The highest BCUT2D eigenvalue weighted by Gasteiger charge is 2.17. The van der Waals surface area contributed by atoms with Gasteiger partial charge in [-0.2, -0.15) is 0 Å². The number of nitro groups is 1. The number of carbonyl (C=O) groups excluding carboxylic acids is 1. The van der Waals surface area contributed by atoms with Crippen molar-refractivity contribution in [1.82, 2.24) is 10.1 Å². The number of hydrogen-bond acceptors (Lipinski definition) is 7. The summed E-state index contributed by atoms with van der Waals surface area (Å²) in [5.74, 6) is -0.279. The number of benzene rings is 2. The van der Waals surface area contributed by atoms with E-state index in [4.69, 9.17) is 4.52 Å². The molecule has 0 aliphatic carbocycles. The molecule has 4 rings (SSSR count). The number of hydrogen-bond donors (Lipinski definition) is 1. The summed E-state index contributed by atoms with van der Waals surface area (Å²) in [5.41, 5.74) is 3.87. The maximum absolute atomic E-state index is 12.4. The van der Waals surface area contributed by atoms with Gasteiger partial charge in [0.05, 0.1) is 21.6 Å². The Morgan fingerprint density at radius 2 is 2.11 bits per heavy atom. The lowest BCUT2D eigenvalue weighted by Crippen LogP contribution is -2.14. The summed E-state index contributed by atoms with van der Waals surface area (Å²) in [4.78, 5) is 27.1. The van der Waals surface area contributed by atoms with Crippen LogP contribution in [0.5, 0.6) is 0 Å². The van der Waals surface area contributed by atoms with Crippen LogP contribution in [0.3, 0.4) is 0 Å². The van der Waals surface area contributed by atoms with Crippen molar-refractivity contribution in [3.05, 3.63) is 57.3 Å². The van der Waals surface area contributed by atoms with Crippen LogP contribution in [0.15, 0.2) is 34.9 Å². The Bertz CT molecular complexity index is 1210. The second kappa shape index (κ2) is 6.44. The number of non-ortho nitro benzene ring substituents is 1. The van der Waals surface area contributed by atoms with Gasteiger partial charge in [-0.3, -0.25) is 14.9 Å². The van der Waals surface area contributed by atoms with Gasteiger partial charge in [-0.1, -0.05) is 22.6 Å². The van der Waals surface area contributed by atoms with Gasteiger partial charge in [-0.25, -0.2) is 4.98 Å². The summed E-state index contributed by atoms with van der Waals surface area (Å²) in [7, 11) is 0. The van der Waals surface area contributed by atoms with Gasteiger partial charge < -0.3 is 9.84 Å². The number of aromatic nitrogens is 2. The molecular formula is C18H14N4O4S. The second-order valence-electron chi connectivity index (χ2n) is 6.24. The molecular weight excluding hydrogens is 368 g/mol. The van der Waals surface area contributed by atoms with E-state index in [0.717, 1.165) is 16.5 Å². The zero-order chi connectivity index (χ0) is 19.1. The molecule has 4 aromatic rings. The number of nitro benzene ring substituents is 1. The van der Waals surface area contributed by atoms with Gasteiger partial charge in [0.25, 0.3) is 5.69 Å². The van der Waals surface area contributed by atoms with Crippen LogP contribution >= 0.6 is 11.3 Å². The van der Waals surface area contributed by atoms with E-state index in [9.17, 15) is 14.9 Å². The van der Waals surface area contributed by atoms with Crippen LogP contribution in [-0.2, 0) is 11.2 Å². The van der Waals surface area contributed by atoms with Crippen molar-refractivity contribution in [2.45, 2.75) is 20.3 Å². The van der Waals surface area contributed by atoms with Crippen molar-refractivity contribution in [3.8, 4) is 0 Å². The molecule has 2 heterocycles. The average Bonchev–Trinajstić information content (AvgIpc) is 3.17. The number of nitrogens with zero attached hydrogens (tertiary/aromatic N) is 3. The van der Waals surface area contributed by atoms with E-state index in [-0.39, 0.29) is 18.0 Å². The van der Waals surface area contributed by atoms with Crippen LogP contribution < -0.4 is 5.32 Å². The van der Waals surface area contributed by atoms with E-state index in [0.29, 0.717) is 26.6 Å². The van der Waals surface area contributed by atoms with E-state index < -0.39 is 4.92 Å². The quantitative estimate of drug-likeness (QED) is 0.419. The van der Waals surface area contributed by atoms with Crippen LogP contribution in [0, 0.1) is 24.0 Å². The third kappa shape index (κ3) is 3.24. The van der Waals surface area contributed by atoms with Crippen molar-refractivity contribution in [2.24, 2.45) is 0 Å².